The van der Waals surface area contributed by atoms with E-state index in [2.05, 4.69) is 45.5 Å². The number of anilines is 1. The van der Waals surface area contributed by atoms with Gasteiger partial charge < -0.3 is 15.1 Å². The van der Waals surface area contributed by atoms with E-state index in [1.165, 1.54) is 5.56 Å². The molecule has 0 bridgehead atoms. The van der Waals surface area contributed by atoms with Crippen LogP contribution in [0.1, 0.15) is 28.8 Å². The van der Waals surface area contributed by atoms with Crippen molar-refractivity contribution in [3.05, 3.63) is 59.8 Å². The molecule has 0 saturated carbocycles. The number of likely N-dealkylation sites (tertiary alicyclic amines) is 1. The fourth-order valence-corrected chi connectivity index (χ4v) is 3.54. The first-order valence-electron chi connectivity index (χ1n) is 9.79. The molecule has 1 aliphatic heterocycles. The number of carbonyl (C=O) groups excluding carboxylic acids is 1. The SMILES string of the molecule is CN(C)CCNc1cc(C(=O)N2CCC(Cc3ccccc3)CC2)ccn1. The molecule has 0 radical (unpaired) electrons. The summed E-state index contributed by atoms with van der Waals surface area (Å²) < 4.78 is 0. The van der Waals surface area contributed by atoms with E-state index in [9.17, 15) is 4.79 Å². The molecule has 1 fully saturated rings. The molecular weight excluding hydrogens is 336 g/mol. The van der Waals surface area contributed by atoms with Crippen LogP contribution in [0.4, 0.5) is 5.82 Å². The lowest BCUT2D eigenvalue weighted by atomic mass is 9.90. The lowest BCUT2D eigenvalue weighted by molar-refractivity contribution is 0.0690. The zero-order valence-electron chi connectivity index (χ0n) is 16.4. The van der Waals surface area contributed by atoms with Crippen molar-refractivity contribution in [2.75, 3.05) is 45.6 Å². The molecule has 2 heterocycles. The van der Waals surface area contributed by atoms with Crippen molar-refractivity contribution >= 4 is 11.7 Å². The second kappa shape index (κ2) is 9.51. The highest BCUT2D eigenvalue weighted by Crippen LogP contribution is 2.23. The molecular formula is C22H30N4O. The predicted octanol–water partition coefficient (Wildman–Crippen LogP) is 3.15. The molecule has 3 rings (SSSR count). The third-order valence-corrected chi connectivity index (χ3v) is 5.14. The van der Waals surface area contributed by atoms with Crippen LogP contribution in [0.25, 0.3) is 0 Å². The van der Waals surface area contributed by atoms with Crippen LogP contribution in [0, 0.1) is 5.92 Å². The smallest absolute Gasteiger partial charge is 0.254 e. The number of benzene rings is 1. The molecule has 0 aliphatic carbocycles. The lowest BCUT2D eigenvalue weighted by Gasteiger charge is -2.32. The average molecular weight is 367 g/mol. The Bertz CT molecular complexity index is 724. The molecule has 2 aromatic rings. The van der Waals surface area contributed by atoms with Crippen LogP contribution in [-0.2, 0) is 6.42 Å². The van der Waals surface area contributed by atoms with Crippen LogP contribution in [-0.4, -0.2) is 61.0 Å². The summed E-state index contributed by atoms with van der Waals surface area (Å²) in [5, 5.41) is 3.29. The van der Waals surface area contributed by atoms with Crippen molar-refractivity contribution in [1.82, 2.24) is 14.8 Å². The molecule has 1 aliphatic rings. The number of aromatic nitrogens is 1. The van der Waals surface area contributed by atoms with Gasteiger partial charge in [-0.25, -0.2) is 4.98 Å². The standard InChI is InChI=1S/C22H30N4O/c1-25(2)15-12-24-21-17-20(8-11-23-21)22(27)26-13-9-19(10-14-26)16-18-6-4-3-5-7-18/h3-8,11,17,19H,9-10,12-16H2,1-2H3,(H,23,24). The Balaban J connectivity index is 1.51. The topological polar surface area (TPSA) is 48.5 Å². The third-order valence-electron chi connectivity index (χ3n) is 5.14. The van der Waals surface area contributed by atoms with Gasteiger partial charge in [0.25, 0.3) is 5.91 Å². The summed E-state index contributed by atoms with van der Waals surface area (Å²) in [7, 11) is 4.08. The number of hydrogen-bond acceptors (Lipinski definition) is 4. The maximum Gasteiger partial charge on any atom is 0.254 e. The van der Waals surface area contributed by atoms with Crippen molar-refractivity contribution in [1.29, 1.82) is 0 Å². The lowest BCUT2D eigenvalue weighted by Crippen LogP contribution is -2.39. The Morgan fingerprint density at radius 3 is 2.63 bits per heavy atom. The molecule has 1 aromatic heterocycles. The van der Waals surface area contributed by atoms with Crippen LogP contribution in [0.5, 0.6) is 0 Å². The van der Waals surface area contributed by atoms with Gasteiger partial charge in [-0.2, -0.15) is 0 Å². The Labute approximate surface area is 162 Å². The summed E-state index contributed by atoms with van der Waals surface area (Å²) in [5.74, 6) is 1.55. The Morgan fingerprint density at radius 1 is 1.19 bits per heavy atom. The molecule has 5 heteroatoms. The molecule has 0 atom stereocenters. The minimum atomic E-state index is 0.117. The minimum Gasteiger partial charge on any atom is -0.369 e. The summed E-state index contributed by atoms with van der Waals surface area (Å²) in [4.78, 5) is 21.3. The molecule has 1 amide bonds. The van der Waals surface area contributed by atoms with E-state index in [0.29, 0.717) is 5.92 Å². The van der Waals surface area contributed by atoms with Crippen molar-refractivity contribution in [2.45, 2.75) is 19.3 Å². The van der Waals surface area contributed by atoms with Gasteiger partial charge in [0, 0.05) is 37.9 Å². The predicted molar refractivity (Wildman–Crippen MR) is 110 cm³/mol. The van der Waals surface area contributed by atoms with Gasteiger partial charge in [-0.15, -0.1) is 0 Å². The van der Waals surface area contributed by atoms with Gasteiger partial charge in [0.2, 0.25) is 0 Å². The van der Waals surface area contributed by atoms with Gasteiger partial charge in [0.1, 0.15) is 5.82 Å². The summed E-state index contributed by atoms with van der Waals surface area (Å²) in [6.07, 6.45) is 4.96. The van der Waals surface area contributed by atoms with Gasteiger partial charge in [-0.1, -0.05) is 30.3 Å². The van der Waals surface area contributed by atoms with Gasteiger partial charge in [0.05, 0.1) is 0 Å². The maximum absolute atomic E-state index is 12.9. The molecule has 0 spiro atoms. The van der Waals surface area contributed by atoms with Gasteiger partial charge in [-0.05, 0) is 57.0 Å². The number of carbonyl (C=O) groups is 1. The van der Waals surface area contributed by atoms with Crippen LogP contribution >= 0.6 is 0 Å². The van der Waals surface area contributed by atoms with E-state index in [4.69, 9.17) is 0 Å². The van der Waals surface area contributed by atoms with Gasteiger partial charge in [-0.3, -0.25) is 4.79 Å². The number of likely N-dealkylation sites (N-methyl/N-ethyl adjacent to an activating group) is 1. The monoisotopic (exact) mass is 366 g/mol. The van der Waals surface area contributed by atoms with Crippen LogP contribution in [0.3, 0.4) is 0 Å². The molecule has 144 valence electrons. The van der Waals surface area contributed by atoms with Crippen molar-refractivity contribution in [3.8, 4) is 0 Å². The zero-order valence-corrected chi connectivity index (χ0v) is 16.4. The number of rotatable bonds is 7. The molecule has 5 nitrogen and oxygen atoms in total. The molecule has 27 heavy (non-hydrogen) atoms. The first-order valence-corrected chi connectivity index (χ1v) is 9.79. The van der Waals surface area contributed by atoms with E-state index in [1.807, 2.05) is 31.1 Å². The highest BCUT2D eigenvalue weighted by Gasteiger charge is 2.24. The van der Waals surface area contributed by atoms with Crippen LogP contribution < -0.4 is 5.32 Å². The van der Waals surface area contributed by atoms with Gasteiger partial charge >= 0.3 is 0 Å². The number of amides is 1. The third kappa shape index (κ3) is 5.79. The van der Waals surface area contributed by atoms with E-state index < -0.39 is 0 Å². The second-order valence-corrected chi connectivity index (χ2v) is 7.59. The van der Waals surface area contributed by atoms with E-state index in [-0.39, 0.29) is 5.91 Å². The number of nitrogens with one attached hydrogen (secondary N) is 1. The fraction of sp³-hybridized carbons (Fsp3) is 0.455. The summed E-state index contributed by atoms with van der Waals surface area (Å²) in [6.45, 7) is 3.40. The van der Waals surface area contributed by atoms with Gasteiger partial charge in [0.15, 0.2) is 0 Å². The quantitative estimate of drug-likeness (QED) is 0.818. The second-order valence-electron chi connectivity index (χ2n) is 7.59. The number of pyridine rings is 1. The normalized spacial score (nSPS) is 15.1. The maximum atomic E-state index is 12.9. The first kappa shape index (κ1) is 19.4. The summed E-state index contributed by atoms with van der Waals surface area (Å²) in [6, 6.07) is 14.3. The molecule has 1 N–H and O–H groups in total. The Hall–Kier alpha value is -2.40. The van der Waals surface area contributed by atoms with Crippen molar-refractivity contribution in [2.24, 2.45) is 5.92 Å². The van der Waals surface area contributed by atoms with Crippen LogP contribution in [0.15, 0.2) is 48.7 Å². The minimum absolute atomic E-state index is 0.117. The Morgan fingerprint density at radius 2 is 1.93 bits per heavy atom. The summed E-state index contributed by atoms with van der Waals surface area (Å²) in [5.41, 5.74) is 2.11. The Kier molecular flexibility index (Phi) is 6.82. The number of piperidine rings is 1. The summed E-state index contributed by atoms with van der Waals surface area (Å²) >= 11 is 0. The van der Waals surface area contributed by atoms with Crippen molar-refractivity contribution in [3.63, 3.8) is 0 Å². The molecule has 1 aromatic carbocycles. The van der Waals surface area contributed by atoms with E-state index in [0.717, 1.165) is 56.8 Å². The number of nitrogens with zero attached hydrogens (tertiary/aromatic N) is 3. The average Bonchev–Trinajstić information content (AvgIpc) is 2.69. The van der Waals surface area contributed by atoms with Crippen molar-refractivity contribution < 1.29 is 4.79 Å². The fourth-order valence-electron chi connectivity index (χ4n) is 3.54. The number of hydrogen-bond donors (Lipinski definition) is 1. The van der Waals surface area contributed by atoms with E-state index in [1.54, 1.807) is 6.20 Å². The van der Waals surface area contributed by atoms with Crippen LogP contribution in [0.2, 0.25) is 0 Å². The molecule has 0 unspecified atom stereocenters. The molecule has 1 saturated heterocycles. The first-order chi connectivity index (χ1) is 13.1. The highest BCUT2D eigenvalue weighted by molar-refractivity contribution is 5.94. The highest BCUT2D eigenvalue weighted by atomic mass is 16.2. The zero-order chi connectivity index (χ0) is 19.1. The van der Waals surface area contributed by atoms with E-state index >= 15 is 0 Å². The largest absolute Gasteiger partial charge is 0.369 e.